The fourth-order valence-electron chi connectivity index (χ4n) is 3.42. The van der Waals surface area contributed by atoms with Crippen LogP contribution in [-0.4, -0.2) is 51.0 Å². The summed E-state index contributed by atoms with van der Waals surface area (Å²) in [7, 11) is -3.89. The van der Waals surface area contributed by atoms with E-state index in [1.807, 2.05) is 0 Å². The Hall–Kier alpha value is -2.60. The van der Waals surface area contributed by atoms with Crippen molar-refractivity contribution in [3.8, 4) is 0 Å². The third-order valence-corrected chi connectivity index (χ3v) is 6.59. The number of aliphatic hydroxyl groups is 1. The van der Waals surface area contributed by atoms with Gasteiger partial charge < -0.3 is 20.5 Å². The Balaban J connectivity index is 1.46. The molecule has 174 valence electrons. The van der Waals surface area contributed by atoms with Crippen molar-refractivity contribution >= 4 is 21.7 Å². The summed E-state index contributed by atoms with van der Waals surface area (Å²) < 4.78 is 59.3. The van der Waals surface area contributed by atoms with Crippen LogP contribution in [0.1, 0.15) is 19.3 Å². The van der Waals surface area contributed by atoms with Gasteiger partial charge in [-0.15, -0.1) is 0 Å². The monoisotopic (exact) mass is 469 g/mol. The van der Waals surface area contributed by atoms with E-state index >= 15 is 0 Å². The fraction of sp³-hybridized carbons (Fsp3) is 0.381. The summed E-state index contributed by atoms with van der Waals surface area (Å²) in [6.07, 6.45) is 0.388. The Bertz CT molecular complexity index is 1000. The van der Waals surface area contributed by atoms with E-state index in [1.54, 1.807) is 0 Å². The molecule has 0 bridgehead atoms. The molecular formula is C21H25F2N3O5S. The molecule has 0 spiro atoms. The quantitative estimate of drug-likeness (QED) is 0.474. The molecule has 0 aromatic heterocycles. The first-order valence-corrected chi connectivity index (χ1v) is 11.6. The van der Waals surface area contributed by atoms with Gasteiger partial charge in [0.05, 0.1) is 29.8 Å². The number of carbonyl (C=O) groups excluding carboxylic acids is 1. The van der Waals surface area contributed by atoms with Crippen LogP contribution in [0.4, 0.5) is 19.3 Å². The highest BCUT2D eigenvalue weighted by molar-refractivity contribution is 7.89. The molecule has 4 N–H and O–H groups in total. The van der Waals surface area contributed by atoms with Crippen molar-refractivity contribution in [2.75, 3.05) is 18.5 Å². The number of anilines is 1. The Labute approximate surface area is 185 Å². The highest BCUT2D eigenvalue weighted by Gasteiger charge is 2.33. The van der Waals surface area contributed by atoms with E-state index in [1.165, 1.54) is 36.4 Å². The minimum Gasteiger partial charge on any atom is -0.394 e. The predicted molar refractivity (Wildman–Crippen MR) is 114 cm³/mol. The molecule has 1 aliphatic rings. The number of benzene rings is 2. The van der Waals surface area contributed by atoms with E-state index < -0.39 is 39.8 Å². The average Bonchev–Trinajstić information content (AvgIpc) is 2.76. The van der Waals surface area contributed by atoms with Gasteiger partial charge in [-0.1, -0.05) is 0 Å². The molecule has 0 radical (unpaired) electrons. The zero-order valence-electron chi connectivity index (χ0n) is 17.1. The molecule has 1 fully saturated rings. The number of sulfonamides is 1. The number of carbonyl (C=O) groups is 1. The first kappa shape index (κ1) is 24.1. The molecular weight excluding hydrogens is 444 g/mol. The predicted octanol–water partition coefficient (Wildman–Crippen LogP) is 2.36. The Morgan fingerprint density at radius 2 is 1.66 bits per heavy atom. The standard InChI is InChI=1S/C21H25F2N3O5S/c22-14-1-5-16(6-2-14)25-21(28)24-12-11-17-7-10-19(20(13-27)31-17)26-32(29,30)18-8-3-15(23)4-9-18/h1-6,8-9,17,19-20,26-27H,7,10-13H2,(H2,24,25,28)/t17-,19+,20+/m0/s1. The van der Waals surface area contributed by atoms with Gasteiger partial charge in [-0.25, -0.2) is 26.7 Å². The average molecular weight is 470 g/mol. The van der Waals surface area contributed by atoms with Crippen molar-refractivity contribution in [1.29, 1.82) is 0 Å². The molecule has 0 saturated carbocycles. The molecule has 1 aliphatic heterocycles. The highest BCUT2D eigenvalue weighted by atomic mass is 32.2. The Kier molecular flexibility index (Phi) is 8.13. The normalized spacial score (nSPS) is 21.2. The fourth-order valence-corrected chi connectivity index (χ4v) is 4.71. The number of amides is 2. The Morgan fingerprint density at radius 1 is 1.03 bits per heavy atom. The molecule has 8 nitrogen and oxygen atoms in total. The van der Waals surface area contributed by atoms with Crippen LogP contribution in [0.2, 0.25) is 0 Å². The van der Waals surface area contributed by atoms with E-state index in [9.17, 15) is 27.1 Å². The lowest BCUT2D eigenvalue weighted by molar-refractivity contribution is -0.0871. The lowest BCUT2D eigenvalue weighted by Crippen LogP contribution is -2.51. The number of nitrogens with one attached hydrogen (secondary N) is 3. The summed E-state index contributed by atoms with van der Waals surface area (Å²) in [5.74, 6) is -0.942. The van der Waals surface area contributed by atoms with E-state index in [-0.39, 0.29) is 17.6 Å². The van der Waals surface area contributed by atoms with Gasteiger partial charge >= 0.3 is 6.03 Å². The van der Waals surface area contributed by atoms with Crippen LogP contribution in [0.3, 0.4) is 0 Å². The van der Waals surface area contributed by atoms with Crippen molar-refractivity contribution in [1.82, 2.24) is 10.0 Å². The minimum absolute atomic E-state index is 0.0749. The smallest absolute Gasteiger partial charge is 0.319 e. The second-order valence-corrected chi connectivity index (χ2v) is 9.13. The zero-order chi connectivity index (χ0) is 23.1. The maximum atomic E-state index is 13.1. The second kappa shape index (κ2) is 10.8. The second-order valence-electron chi connectivity index (χ2n) is 7.41. The first-order chi connectivity index (χ1) is 15.3. The van der Waals surface area contributed by atoms with Crippen LogP contribution in [0.25, 0.3) is 0 Å². The summed E-state index contributed by atoms with van der Waals surface area (Å²) >= 11 is 0. The number of hydrogen-bond acceptors (Lipinski definition) is 5. The number of ether oxygens (including phenoxy) is 1. The van der Waals surface area contributed by atoms with E-state index in [0.29, 0.717) is 31.5 Å². The van der Waals surface area contributed by atoms with Crippen LogP contribution in [0.15, 0.2) is 53.4 Å². The van der Waals surface area contributed by atoms with Gasteiger partial charge in [-0.05, 0) is 67.8 Å². The van der Waals surface area contributed by atoms with Crippen molar-refractivity contribution in [2.45, 2.75) is 42.4 Å². The summed E-state index contributed by atoms with van der Waals surface area (Å²) in [5, 5.41) is 14.9. The van der Waals surface area contributed by atoms with Gasteiger partial charge in [-0.3, -0.25) is 0 Å². The van der Waals surface area contributed by atoms with Gasteiger partial charge in [0, 0.05) is 12.2 Å². The maximum absolute atomic E-state index is 13.1. The molecule has 2 aromatic rings. The van der Waals surface area contributed by atoms with Gasteiger partial charge in [0.1, 0.15) is 11.6 Å². The molecule has 2 aromatic carbocycles. The number of rotatable bonds is 8. The van der Waals surface area contributed by atoms with Crippen LogP contribution < -0.4 is 15.4 Å². The van der Waals surface area contributed by atoms with E-state index in [4.69, 9.17) is 4.74 Å². The lowest BCUT2D eigenvalue weighted by atomic mass is 9.98. The molecule has 1 saturated heterocycles. The molecule has 32 heavy (non-hydrogen) atoms. The van der Waals surface area contributed by atoms with Gasteiger partial charge in [-0.2, -0.15) is 0 Å². The van der Waals surface area contributed by atoms with Crippen molar-refractivity contribution < 1.29 is 31.8 Å². The number of urea groups is 1. The SMILES string of the molecule is O=C(NCC[C@@H]1CC[C@@H](NS(=O)(=O)c2ccc(F)cc2)[C@@H](CO)O1)Nc1ccc(F)cc1. The largest absolute Gasteiger partial charge is 0.394 e. The topological polar surface area (TPSA) is 117 Å². The van der Waals surface area contributed by atoms with Gasteiger partial charge in [0.25, 0.3) is 0 Å². The van der Waals surface area contributed by atoms with Gasteiger partial charge in [0.15, 0.2) is 0 Å². The van der Waals surface area contributed by atoms with Crippen LogP contribution >= 0.6 is 0 Å². The summed E-state index contributed by atoms with van der Waals surface area (Å²) in [6, 6.07) is 8.73. The van der Waals surface area contributed by atoms with E-state index in [2.05, 4.69) is 15.4 Å². The number of hydrogen-bond donors (Lipinski definition) is 4. The maximum Gasteiger partial charge on any atom is 0.319 e. The van der Waals surface area contributed by atoms with Crippen LogP contribution in [-0.2, 0) is 14.8 Å². The third-order valence-electron chi connectivity index (χ3n) is 5.08. The van der Waals surface area contributed by atoms with Crippen molar-refractivity contribution in [2.24, 2.45) is 0 Å². The number of aliphatic hydroxyl groups excluding tert-OH is 1. The zero-order valence-corrected chi connectivity index (χ0v) is 17.9. The molecule has 3 rings (SSSR count). The summed E-state index contributed by atoms with van der Waals surface area (Å²) in [4.78, 5) is 11.9. The molecule has 2 amide bonds. The summed E-state index contributed by atoms with van der Waals surface area (Å²) in [5.41, 5.74) is 0.453. The molecule has 11 heteroatoms. The molecule has 1 heterocycles. The lowest BCUT2D eigenvalue weighted by Gasteiger charge is -2.36. The minimum atomic E-state index is -3.89. The van der Waals surface area contributed by atoms with Crippen LogP contribution in [0.5, 0.6) is 0 Å². The summed E-state index contributed by atoms with van der Waals surface area (Å²) in [6.45, 7) is -0.0899. The van der Waals surface area contributed by atoms with Crippen molar-refractivity contribution in [3.05, 3.63) is 60.2 Å². The number of halogens is 2. The Morgan fingerprint density at radius 3 is 2.28 bits per heavy atom. The highest BCUT2D eigenvalue weighted by Crippen LogP contribution is 2.23. The van der Waals surface area contributed by atoms with Crippen molar-refractivity contribution in [3.63, 3.8) is 0 Å². The molecule has 3 atom stereocenters. The van der Waals surface area contributed by atoms with Gasteiger partial charge in [0.2, 0.25) is 10.0 Å². The van der Waals surface area contributed by atoms with E-state index in [0.717, 1.165) is 12.1 Å². The third kappa shape index (κ3) is 6.70. The molecule has 0 unspecified atom stereocenters. The molecule has 0 aliphatic carbocycles. The first-order valence-electron chi connectivity index (χ1n) is 10.1. The van der Waals surface area contributed by atoms with Crippen LogP contribution in [0, 0.1) is 11.6 Å².